The van der Waals surface area contributed by atoms with Crippen molar-refractivity contribution in [2.75, 3.05) is 0 Å². The fourth-order valence-corrected chi connectivity index (χ4v) is 4.19. The lowest BCUT2D eigenvalue weighted by molar-refractivity contribution is -0.0479. The zero-order valence-corrected chi connectivity index (χ0v) is 13.2. The number of aliphatic hydroxyl groups is 1. The summed E-state index contributed by atoms with van der Waals surface area (Å²) in [5.41, 5.74) is 0.321. The number of carbonyl (C=O) groups excluding carboxylic acids is 1. The second-order valence-electron chi connectivity index (χ2n) is 6.79. The van der Waals surface area contributed by atoms with E-state index in [-0.39, 0.29) is 23.8 Å². The molecule has 24 heavy (non-hydrogen) atoms. The van der Waals surface area contributed by atoms with Crippen molar-refractivity contribution in [2.45, 2.75) is 43.4 Å². The van der Waals surface area contributed by atoms with Gasteiger partial charge in [-0.05, 0) is 42.7 Å². The number of hydrogen-bond acceptors (Lipinski definition) is 3. The van der Waals surface area contributed by atoms with Gasteiger partial charge in [0.25, 0.3) is 5.91 Å². The van der Waals surface area contributed by atoms with E-state index >= 15 is 0 Å². The fourth-order valence-electron chi connectivity index (χ4n) is 4.19. The van der Waals surface area contributed by atoms with Gasteiger partial charge in [0, 0.05) is 37.3 Å². The zero-order chi connectivity index (χ0) is 16.7. The van der Waals surface area contributed by atoms with E-state index in [9.17, 15) is 14.3 Å². The summed E-state index contributed by atoms with van der Waals surface area (Å²) in [5.74, 6) is -0.328. The number of pyridine rings is 1. The zero-order valence-electron chi connectivity index (χ0n) is 13.2. The summed E-state index contributed by atoms with van der Waals surface area (Å²) < 4.78 is 13.2. The van der Waals surface area contributed by atoms with Gasteiger partial charge in [0.05, 0.1) is 11.2 Å². The number of fused-ring (bicyclic) bond motifs is 2. The maximum atomic E-state index is 13.2. The molecule has 2 saturated heterocycles. The predicted octanol–water partition coefficient (Wildman–Crippen LogP) is 2.88. The summed E-state index contributed by atoms with van der Waals surface area (Å²) in [5, 5.41) is 11.1. The third-order valence-corrected chi connectivity index (χ3v) is 5.29. The Morgan fingerprint density at radius 2 is 1.83 bits per heavy atom. The number of piperidine rings is 1. The molecule has 2 bridgehead atoms. The van der Waals surface area contributed by atoms with Crippen LogP contribution in [-0.2, 0) is 5.60 Å². The number of benzene rings is 1. The first-order valence-corrected chi connectivity index (χ1v) is 8.28. The van der Waals surface area contributed by atoms with Crippen LogP contribution in [0.2, 0.25) is 0 Å². The molecule has 1 unspecified atom stereocenters. The van der Waals surface area contributed by atoms with E-state index in [1.807, 2.05) is 4.90 Å². The van der Waals surface area contributed by atoms with Crippen LogP contribution in [0.4, 0.5) is 4.39 Å². The van der Waals surface area contributed by atoms with E-state index in [2.05, 4.69) is 4.98 Å². The highest BCUT2D eigenvalue weighted by atomic mass is 19.1. The van der Waals surface area contributed by atoms with Crippen LogP contribution < -0.4 is 0 Å². The SMILES string of the molecule is O=C(c1cccnc1)N1[C@@H]2CC[C@H]1CC(O)(c1ccc(F)cc1)C2. The standard InChI is InChI=1S/C19H19FN2O2/c20-15-5-3-14(4-6-15)19(24)10-16-7-8-17(11-19)22(16)18(23)13-2-1-9-21-12-13/h1-6,9,12,16-17,24H,7-8,10-11H2/t16-,17+,19?. The van der Waals surface area contributed by atoms with Gasteiger partial charge in [-0.2, -0.15) is 0 Å². The van der Waals surface area contributed by atoms with Crippen molar-refractivity contribution in [3.05, 3.63) is 65.7 Å². The van der Waals surface area contributed by atoms with Crippen LogP contribution in [0.5, 0.6) is 0 Å². The highest BCUT2D eigenvalue weighted by molar-refractivity contribution is 5.94. The highest BCUT2D eigenvalue weighted by Crippen LogP contribution is 2.46. The molecule has 5 heteroatoms. The first-order chi connectivity index (χ1) is 11.6. The average molecular weight is 326 g/mol. The Kier molecular flexibility index (Phi) is 3.61. The molecule has 3 atom stereocenters. The molecule has 0 aliphatic carbocycles. The molecule has 3 heterocycles. The van der Waals surface area contributed by atoms with E-state index in [1.54, 1.807) is 36.7 Å². The first-order valence-electron chi connectivity index (χ1n) is 8.28. The Morgan fingerprint density at radius 3 is 2.42 bits per heavy atom. The lowest BCUT2D eigenvalue weighted by atomic mass is 9.80. The van der Waals surface area contributed by atoms with Gasteiger partial charge in [0.1, 0.15) is 5.82 Å². The topological polar surface area (TPSA) is 53.4 Å². The van der Waals surface area contributed by atoms with Crippen molar-refractivity contribution in [3.8, 4) is 0 Å². The van der Waals surface area contributed by atoms with Gasteiger partial charge in [-0.3, -0.25) is 9.78 Å². The molecule has 4 nitrogen and oxygen atoms in total. The van der Waals surface area contributed by atoms with E-state index in [1.165, 1.54) is 12.1 Å². The Labute approximate surface area is 139 Å². The third kappa shape index (κ3) is 2.49. The number of halogens is 1. The Balaban J connectivity index is 1.60. The summed E-state index contributed by atoms with van der Waals surface area (Å²) in [6.07, 6.45) is 5.99. The number of aromatic nitrogens is 1. The van der Waals surface area contributed by atoms with Gasteiger partial charge in [-0.15, -0.1) is 0 Å². The molecule has 1 aromatic carbocycles. The number of nitrogens with zero attached hydrogens (tertiary/aromatic N) is 2. The summed E-state index contributed by atoms with van der Waals surface area (Å²) in [6.45, 7) is 0. The maximum Gasteiger partial charge on any atom is 0.255 e. The molecule has 2 aliphatic heterocycles. The van der Waals surface area contributed by atoms with E-state index in [0.29, 0.717) is 18.4 Å². The minimum Gasteiger partial charge on any atom is -0.385 e. The predicted molar refractivity (Wildman–Crippen MR) is 86.7 cm³/mol. The lowest BCUT2D eigenvalue weighted by Crippen LogP contribution is -2.52. The third-order valence-electron chi connectivity index (χ3n) is 5.29. The van der Waals surface area contributed by atoms with Crippen molar-refractivity contribution >= 4 is 5.91 Å². The van der Waals surface area contributed by atoms with Crippen molar-refractivity contribution in [2.24, 2.45) is 0 Å². The normalized spacial score (nSPS) is 28.8. The van der Waals surface area contributed by atoms with Gasteiger partial charge < -0.3 is 10.0 Å². The first kappa shape index (κ1) is 15.3. The number of hydrogen-bond donors (Lipinski definition) is 1. The van der Waals surface area contributed by atoms with Gasteiger partial charge in [0.15, 0.2) is 0 Å². The Morgan fingerprint density at radius 1 is 1.17 bits per heavy atom. The molecular formula is C19H19FN2O2. The summed E-state index contributed by atoms with van der Waals surface area (Å²) in [6, 6.07) is 9.59. The average Bonchev–Trinajstić information content (AvgIpc) is 2.87. The van der Waals surface area contributed by atoms with Crippen LogP contribution >= 0.6 is 0 Å². The molecular weight excluding hydrogens is 307 g/mol. The number of rotatable bonds is 2. The molecule has 2 aliphatic rings. The van der Waals surface area contributed by atoms with Crippen LogP contribution in [0.25, 0.3) is 0 Å². The van der Waals surface area contributed by atoms with Gasteiger partial charge >= 0.3 is 0 Å². The van der Waals surface area contributed by atoms with Crippen molar-refractivity contribution in [3.63, 3.8) is 0 Å². The second-order valence-corrected chi connectivity index (χ2v) is 6.79. The molecule has 2 aromatic rings. The molecule has 0 saturated carbocycles. The van der Waals surface area contributed by atoms with Crippen LogP contribution in [0.15, 0.2) is 48.8 Å². The maximum absolute atomic E-state index is 13.2. The molecule has 1 N–H and O–H groups in total. The summed E-state index contributed by atoms with van der Waals surface area (Å²) in [7, 11) is 0. The largest absolute Gasteiger partial charge is 0.385 e. The smallest absolute Gasteiger partial charge is 0.255 e. The second kappa shape index (κ2) is 5.67. The summed E-state index contributed by atoms with van der Waals surface area (Å²) in [4.78, 5) is 18.7. The molecule has 2 fully saturated rings. The van der Waals surface area contributed by atoms with Crippen LogP contribution in [0.1, 0.15) is 41.6 Å². The molecule has 0 spiro atoms. The molecule has 4 rings (SSSR count). The van der Waals surface area contributed by atoms with E-state index in [4.69, 9.17) is 0 Å². The van der Waals surface area contributed by atoms with Crippen LogP contribution in [-0.4, -0.2) is 33.0 Å². The highest BCUT2D eigenvalue weighted by Gasteiger charge is 2.50. The Hall–Kier alpha value is -2.27. The van der Waals surface area contributed by atoms with Gasteiger partial charge in [-0.25, -0.2) is 4.39 Å². The van der Waals surface area contributed by atoms with Crippen molar-refractivity contribution < 1.29 is 14.3 Å². The van der Waals surface area contributed by atoms with Crippen molar-refractivity contribution in [1.82, 2.24) is 9.88 Å². The molecule has 0 radical (unpaired) electrons. The Bertz CT molecular complexity index is 734. The lowest BCUT2D eigenvalue weighted by Gasteiger charge is -2.44. The molecule has 1 amide bonds. The monoisotopic (exact) mass is 326 g/mol. The quantitative estimate of drug-likeness (QED) is 0.923. The van der Waals surface area contributed by atoms with Crippen LogP contribution in [0, 0.1) is 5.82 Å². The fraction of sp³-hybridized carbons (Fsp3) is 0.368. The minimum atomic E-state index is -0.995. The molecule has 1 aromatic heterocycles. The number of amides is 1. The van der Waals surface area contributed by atoms with Crippen LogP contribution in [0.3, 0.4) is 0 Å². The van der Waals surface area contributed by atoms with Gasteiger partial charge in [-0.1, -0.05) is 12.1 Å². The van der Waals surface area contributed by atoms with Crippen molar-refractivity contribution in [1.29, 1.82) is 0 Å². The van der Waals surface area contributed by atoms with E-state index in [0.717, 1.165) is 18.4 Å². The molecule has 124 valence electrons. The number of carbonyl (C=O) groups is 1. The summed E-state index contributed by atoms with van der Waals surface area (Å²) >= 11 is 0. The van der Waals surface area contributed by atoms with E-state index < -0.39 is 5.60 Å². The van der Waals surface area contributed by atoms with Gasteiger partial charge in [0.2, 0.25) is 0 Å². The minimum absolute atomic E-state index is 0.00603.